The number of methoxy groups -OCH3 is 1. The van der Waals surface area contributed by atoms with Crippen LogP contribution < -0.4 is 14.8 Å². The molecule has 3 rings (SSSR count). The molecule has 6 heteroatoms. The zero-order valence-electron chi connectivity index (χ0n) is 16.1. The zero-order valence-corrected chi connectivity index (χ0v) is 16.1. The maximum absolute atomic E-state index is 12.5. The van der Waals surface area contributed by atoms with Crippen LogP contribution in [-0.2, 0) is 16.0 Å². The standard InChI is InChI=1S/C22H26N2O4/c1-27-19-9-7-17(8-10-19)15-22(26)24-13-11-18(12-14-24)23-21(25)16-28-20-5-3-2-4-6-20/h2-10,18H,11-16H2,1H3,(H,23,25). The van der Waals surface area contributed by atoms with Gasteiger partial charge >= 0.3 is 0 Å². The van der Waals surface area contributed by atoms with Gasteiger partial charge in [0.1, 0.15) is 11.5 Å². The Hall–Kier alpha value is -3.02. The molecule has 1 fully saturated rings. The number of hydrogen-bond acceptors (Lipinski definition) is 4. The van der Waals surface area contributed by atoms with E-state index < -0.39 is 0 Å². The van der Waals surface area contributed by atoms with Gasteiger partial charge in [-0.3, -0.25) is 9.59 Å². The van der Waals surface area contributed by atoms with Gasteiger partial charge in [-0.15, -0.1) is 0 Å². The van der Waals surface area contributed by atoms with Crippen LogP contribution in [0.3, 0.4) is 0 Å². The normalized spacial score (nSPS) is 14.4. The van der Waals surface area contributed by atoms with Gasteiger partial charge in [0, 0.05) is 19.1 Å². The SMILES string of the molecule is COc1ccc(CC(=O)N2CCC(NC(=O)COc3ccccc3)CC2)cc1. The third-order valence-corrected chi connectivity index (χ3v) is 4.84. The molecule has 1 aliphatic rings. The molecule has 0 atom stereocenters. The number of hydrogen-bond donors (Lipinski definition) is 1. The predicted molar refractivity (Wildman–Crippen MR) is 106 cm³/mol. The summed E-state index contributed by atoms with van der Waals surface area (Å²) >= 11 is 0. The topological polar surface area (TPSA) is 67.9 Å². The Morgan fingerprint density at radius 1 is 1.00 bits per heavy atom. The van der Waals surface area contributed by atoms with Crippen molar-refractivity contribution in [3.63, 3.8) is 0 Å². The number of nitrogens with one attached hydrogen (secondary N) is 1. The van der Waals surface area contributed by atoms with Crippen molar-refractivity contribution in [3.8, 4) is 11.5 Å². The van der Waals surface area contributed by atoms with Gasteiger partial charge in [-0.1, -0.05) is 30.3 Å². The first-order valence-corrected chi connectivity index (χ1v) is 9.52. The third kappa shape index (κ3) is 5.74. The quantitative estimate of drug-likeness (QED) is 0.799. The first-order valence-electron chi connectivity index (χ1n) is 9.52. The number of para-hydroxylation sites is 1. The molecular formula is C22H26N2O4. The number of ether oxygens (including phenoxy) is 2. The lowest BCUT2D eigenvalue weighted by Gasteiger charge is -2.32. The van der Waals surface area contributed by atoms with Gasteiger partial charge in [-0.05, 0) is 42.7 Å². The molecule has 0 bridgehead atoms. The summed E-state index contributed by atoms with van der Waals surface area (Å²) in [5, 5.41) is 3.00. The molecule has 2 amide bonds. The summed E-state index contributed by atoms with van der Waals surface area (Å²) in [5.74, 6) is 1.44. The molecule has 0 spiro atoms. The van der Waals surface area contributed by atoms with Crippen molar-refractivity contribution in [1.82, 2.24) is 10.2 Å². The summed E-state index contributed by atoms with van der Waals surface area (Å²) in [7, 11) is 1.62. The second-order valence-corrected chi connectivity index (χ2v) is 6.85. The van der Waals surface area contributed by atoms with Crippen molar-refractivity contribution in [2.24, 2.45) is 0 Å². The van der Waals surface area contributed by atoms with Crippen molar-refractivity contribution in [1.29, 1.82) is 0 Å². The van der Waals surface area contributed by atoms with E-state index in [-0.39, 0.29) is 24.5 Å². The number of benzene rings is 2. The molecule has 0 saturated carbocycles. The Morgan fingerprint density at radius 3 is 2.32 bits per heavy atom. The maximum atomic E-state index is 12.5. The largest absolute Gasteiger partial charge is 0.497 e. The van der Waals surface area contributed by atoms with E-state index in [4.69, 9.17) is 9.47 Å². The molecule has 2 aromatic carbocycles. The van der Waals surface area contributed by atoms with E-state index in [0.29, 0.717) is 25.3 Å². The van der Waals surface area contributed by atoms with E-state index in [0.717, 1.165) is 24.2 Å². The maximum Gasteiger partial charge on any atom is 0.258 e. The molecule has 0 aliphatic carbocycles. The molecule has 148 valence electrons. The molecule has 0 aromatic heterocycles. The van der Waals surface area contributed by atoms with E-state index >= 15 is 0 Å². The van der Waals surface area contributed by atoms with Gasteiger partial charge in [0.05, 0.1) is 13.5 Å². The molecule has 0 unspecified atom stereocenters. The second-order valence-electron chi connectivity index (χ2n) is 6.85. The number of carbonyl (C=O) groups is 2. The van der Waals surface area contributed by atoms with Gasteiger partial charge in [0.15, 0.2) is 6.61 Å². The molecule has 1 saturated heterocycles. The number of piperidine rings is 1. The number of rotatable bonds is 7. The van der Waals surface area contributed by atoms with Crippen LogP contribution in [0.1, 0.15) is 18.4 Å². The lowest BCUT2D eigenvalue weighted by atomic mass is 10.0. The van der Waals surface area contributed by atoms with Gasteiger partial charge in [0.25, 0.3) is 5.91 Å². The van der Waals surface area contributed by atoms with Crippen molar-refractivity contribution in [2.75, 3.05) is 26.8 Å². The number of carbonyl (C=O) groups excluding carboxylic acids is 2. The van der Waals surface area contributed by atoms with Crippen molar-refractivity contribution in [3.05, 3.63) is 60.2 Å². The van der Waals surface area contributed by atoms with Crippen molar-refractivity contribution >= 4 is 11.8 Å². The molecule has 2 aromatic rings. The van der Waals surface area contributed by atoms with Gasteiger partial charge in [-0.2, -0.15) is 0 Å². The monoisotopic (exact) mass is 382 g/mol. The van der Waals surface area contributed by atoms with Gasteiger partial charge < -0.3 is 19.7 Å². The molecule has 28 heavy (non-hydrogen) atoms. The van der Waals surface area contributed by atoms with Gasteiger partial charge in [-0.25, -0.2) is 0 Å². The highest BCUT2D eigenvalue weighted by Crippen LogP contribution is 2.15. The highest BCUT2D eigenvalue weighted by Gasteiger charge is 2.24. The fourth-order valence-electron chi connectivity index (χ4n) is 3.24. The zero-order chi connectivity index (χ0) is 19.8. The van der Waals surface area contributed by atoms with Crippen molar-refractivity contribution in [2.45, 2.75) is 25.3 Å². The number of amides is 2. The highest BCUT2D eigenvalue weighted by atomic mass is 16.5. The fourth-order valence-corrected chi connectivity index (χ4v) is 3.24. The fraction of sp³-hybridized carbons (Fsp3) is 0.364. The second kappa shape index (κ2) is 9.78. The van der Waals surface area contributed by atoms with Crippen LogP contribution in [0.4, 0.5) is 0 Å². The van der Waals surface area contributed by atoms with Crippen LogP contribution >= 0.6 is 0 Å². The van der Waals surface area contributed by atoms with E-state index in [1.54, 1.807) is 7.11 Å². The van der Waals surface area contributed by atoms with E-state index in [9.17, 15) is 9.59 Å². The number of nitrogens with zero attached hydrogens (tertiary/aromatic N) is 1. The summed E-state index contributed by atoms with van der Waals surface area (Å²) < 4.78 is 10.6. The molecule has 0 radical (unpaired) electrons. The molecule has 1 N–H and O–H groups in total. The van der Waals surface area contributed by atoms with E-state index in [1.165, 1.54) is 0 Å². The third-order valence-electron chi connectivity index (χ3n) is 4.84. The first kappa shape index (κ1) is 19.7. The Labute approximate surface area is 165 Å². The van der Waals surface area contributed by atoms with Crippen LogP contribution in [-0.4, -0.2) is 49.6 Å². The molecule has 1 heterocycles. The summed E-state index contributed by atoms with van der Waals surface area (Å²) in [4.78, 5) is 26.4. The summed E-state index contributed by atoms with van der Waals surface area (Å²) in [5.41, 5.74) is 0.972. The predicted octanol–water partition coefficient (Wildman–Crippen LogP) is 2.42. The smallest absolute Gasteiger partial charge is 0.258 e. The van der Waals surface area contributed by atoms with Crippen molar-refractivity contribution < 1.29 is 19.1 Å². The van der Waals surface area contributed by atoms with Gasteiger partial charge in [0.2, 0.25) is 5.91 Å². The minimum Gasteiger partial charge on any atom is -0.497 e. The molecule has 6 nitrogen and oxygen atoms in total. The lowest BCUT2D eigenvalue weighted by Crippen LogP contribution is -2.47. The summed E-state index contributed by atoms with van der Waals surface area (Å²) in [6, 6.07) is 16.9. The number of likely N-dealkylation sites (tertiary alicyclic amines) is 1. The average Bonchev–Trinajstić information content (AvgIpc) is 2.74. The molecule has 1 aliphatic heterocycles. The Balaban J connectivity index is 1.38. The van der Waals surface area contributed by atoms with E-state index in [1.807, 2.05) is 59.5 Å². The van der Waals surface area contributed by atoms with Crippen LogP contribution in [0.25, 0.3) is 0 Å². The highest BCUT2D eigenvalue weighted by molar-refractivity contribution is 5.79. The minimum absolute atomic E-state index is 0.000623. The van der Waals surface area contributed by atoms with Crippen LogP contribution in [0.5, 0.6) is 11.5 Å². The summed E-state index contributed by atoms with van der Waals surface area (Å²) in [6.07, 6.45) is 1.89. The first-order chi connectivity index (χ1) is 13.6. The van der Waals surface area contributed by atoms with Crippen LogP contribution in [0, 0.1) is 0 Å². The Kier molecular flexibility index (Phi) is 6.89. The van der Waals surface area contributed by atoms with E-state index in [2.05, 4.69) is 5.32 Å². The average molecular weight is 382 g/mol. The lowest BCUT2D eigenvalue weighted by molar-refractivity contribution is -0.131. The Bertz CT molecular complexity index is 769. The van der Waals surface area contributed by atoms with Crippen LogP contribution in [0.15, 0.2) is 54.6 Å². The molecular weight excluding hydrogens is 356 g/mol. The van der Waals surface area contributed by atoms with Crippen LogP contribution in [0.2, 0.25) is 0 Å². The summed E-state index contributed by atoms with van der Waals surface area (Å²) in [6.45, 7) is 1.31. The Morgan fingerprint density at radius 2 is 1.68 bits per heavy atom. The minimum atomic E-state index is -0.133.